The molecule has 3 rings (SSSR count). The second-order valence-corrected chi connectivity index (χ2v) is 7.44. The van der Waals surface area contributed by atoms with E-state index >= 15 is 0 Å². The van der Waals surface area contributed by atoms with Gasteiger partial charge in [0.15, 0.2) is 5.41 Å². The Morgan fingerprint density at radius 2 is 1.81 bits per heavy atom. The number of carbonyl (C=O) groups is 2. The minimum Gasteiger partial charge on any atom is -0.480 e. The third-order valence-corrected chi connectivity index (χ3v) is 5.50. The van der Waals surface area contributed by atoms with Crippen LogP contribution in [0.1, 0.15) is 36.8 Å². The smallest absolute Gasteiger partial charge is 0.320 e. The summed E-state index contributed by atoms with van der Waals surface area (Å²) in [5.41, 5.74) is 1.28. The quantitative estimate of drug-likeness (QED) is 0.588. The fraction of sp³-hybridized carbons (Fsp3) is 0.273. The van der Waals surface area contributed by atoms with Gasteiger partial charge in [-0.15, -0.1) is 0 Å². The van der Waals surface area contributed by atoms with E-state index in [1.54, 1.807) is 12.1 Å². The van der Waals surface area contributed by atoms with Gasteiger partial charge in [0.05, 0.1) is 0 Å². The van der Waals surface area contributed by atoms with Crippen molar-refractivity contribution in [2.45, 2.75) is 32.2 Å². The Morgan fingerprint density at radius 1 is 1.15 bits per heavy atom. The summed E-state index contributed by atoms with van der Waals surface area (Å²) in [5.74, 6) is -2.01. The number of hydrogen-bond acceptors (Lipinski definition) is 2. The molecule has 0 heterocycles. The van der Waals surface area contributed by atoms with E-state index in [1.165, 1.54) is 0 Å². The Balaban J connectivity index is 1.94. The summed E-state index contributed by atoms with van der Waals surface area (Å²) in [6, 6.07) is 16.6. The topological polar surface area (TPSA) is 66.4 Å². The summed E-state index contributed by atoms with van der Waals surface area (Å²) in [6.07, 6.45) is 2.55. The zero-order valence-electron chi connectivity index (χ0n) is 15.1. The van der Waals surface area contributed by atoms with Crippen molar-refractivity contribution in [1.82, 2.24) is 5.32 Å². The van der Waals surface area contributed by atoms with Gasteiger partial charge in [0, 0.05) is 17.5 Å². The van der Waals surface area contributed by atoms with Crippen molar-refractivity contribution >= 4 is 23.5 Å². The molecule has 2 N–H and O–H groups in total. The summed E-state index contributed by atoms with van der Waals surface area (Å²) in [7, 11) is 0. The Morgan fingerprint density at radius 3 is 2.44 bits per heavy atom. The maximum Gasteiger partial charge on any atom is 0.320 e. The number of amides is 1. The highest BCUT2D eigenvalue weighted by atomic mass is 35.5. The molecule has 0 bridgehead atoms. The first-order valence-electron chi connectivity index (χ1n) is 8.90. The molecule has 0 saturated heterocycles. The molecule has 5 heteroatoms. The van der Waals surface area contributed by atoms with E-state index in [1.807, 2.05) is 55.5 Å². The number of hydrogen-bond donors (Lipinski definition) is 2. The first kappa shape index (κ1) is 19.2. The largest absolute Gasteiger partial charge is 0.480 e. The molecule has 0 aromatic heterocycles. The molecule has 0 spiro atoms. The molecule has 1 aliphatic rings. The third-order valence-electron chi connectivity index (χ3n) is 5.25. The number of aliphatic carboxylic acids is 1. The van der Waals surface area contributed by atoms with E-state index in [2.05, 4.69) is 5.32 Å². The number of carboxylic acid groups (broad SMARTS) is 1. The minimum atomic E-state index is -1.54. The van der Waals surface area contributed by atoms with Crippen LogP contribution in [0.25, 0.3) is 0 Å². The zero-order valence-corrected chi connectivity index (χ0v) is 15.9. The highest BCUT2D eigenvalue weighted by Crippen LogP contribution is 2.47. The number of benzene rings is 2. The highest BCUT2D eigenvalue weighted by Gasteiger charge is 2.53. The van der Waals surface area contributed by atoms with Gasteiger partial charge in [-0.3, -0.25) is 9.59 Å². The van der Waals surface area contributed by atoms with Crippen LogP contribution in [0, 0.1) is 5.41 Å². The monoisotopic (exact) mass is 383 g/mol. The third kappa shape index (κ3) is 3.91. The van der Waals surface area contributed by atoms with Crippen molar-refractivity contribution in [3.63, 3.8) is 0 Å². The van der Waals surface area contributed by atoms with Crippen LogP contribution in [-0.4, -0.2) is 17.0 Å². The van der Waals surface area contributed by atoms with Crippen molar-refractivity contribution in [1.29, 1.82) is 0 Å². The van der Waals surface area contributed by atoms with Gasteiger partial charge in [-0.25, -0.2) is 0 Å². The SMILES string of the molecule is CC1=CC[C@](C(=O)O)(C(=O)NCc2ccccc2)[C@H](c2ccc(Cl)cc2)C1. The molecular weight excluding hydrogens is 362 g/mol. The van der Waals surface area contributed by atoms with Crippen LogP contribution >= 0.6 is 11.6 Å². The van der Waals surface area contributed by atoms with Gasteiger partial charge in [0.2, 0.25) is 5.91 Å². The van der Waals surface area contributed by atoms with Crippen molar-refractivity contribution in [2.75, 3.05) is 0 Å². The maximum atomic E-state index is 13.1. The number of halogens is 1. The molecule has 27 heavy (non-hydrogen) atoms. The lowest BCUT2D eigenvalue weighted by Gasteiger charge is -2.39. The molecule has 0 unspecified atom stereocenters. The van der Waals surface area contributed by atoms with Crippen LogP contribution in [0.4, 0.5) is 0 Å². The van der Waals surface area contributed by atoms with Crippen LogP contribution in [0.15, 0.2) is 66.2 Å². The van der Waals surface area contributed by atoms with E-state index in [0.717, 1.165) is 16.7 Å². The van der Waals surface area contributed by atoms with Gasteiger partial charge < -0.3 is 10.4 Å². The van der Waals surface area contributed by atoms with E-state index < -0.39 is 23.2 Å². The Hall–Kier alpha value is -2.59. The van der Waals surface area contributed by atoms with E-state index in [4.69, 9.17) is 11.6 Å². The molecule has 0 aliphatic heterocycles. The standard InChI is InChI=1S/C22H22ClNO3/c1-15-11-12-22(21(26)27,19(13-15)17-7-9-18(23)10-8-17)20(25)24-14-16-5-3-2-4-6-16/h2-11,19H,12-14H2,1H3,(H,24,25)(H,26,27)/t19-,22+/m0/s1. The second-order valence-electron chi connectivity index (χ2n) is 7.01. The van der Waals surface area contributed by atoms with Crippen LogP contribution in [0.5, 0.6) is 0 Å². The molecular formula is C22H22ClNO3. The van der Waals surface area contributed by atoms with Gasteiger partial charge in [-0.1, -0.05) is 65.7 Å². The van der Waals surface area contributed by atoms with Gasteiger partial charge in [-0.05, 0) is 43.0 Å². The second kappa shape index (κ2) is 7.97. The normalized spacial score (nSPS) is 22.0. The molecule has 140 valence electrons. The molecule has 4 nitrogen and oxygen atoms in total. The molecule has 2 aromatic rings. The lowest BCUT2D eigenvalue weighted by Crippen LogP contribution is -2.51. The summed E-state index contributed by atoms with van der Waals surface area (Å²) in [5, 5.41) is 13.5. The lowest BCUT2D eigenvalue weighted by molar-refractivity contribution is -0.158. The molecule has 0 fully saturated rings. The number of carbonyl (C=O) groups excluding carboxylic acids is 1. The molecule has 1 amide bonds. The first-order chi connectivity index (χ1) is 12.9. The average molecular weight is 384 g/mol. The summed E-state index contributed by atoms with van der Waals surface area (Å²) >= 11 is 5.99. The molecule has 1 aliphatic carbocycles. The average Bonchev–Trinajstić information content (AvgIpc) is 2.67. The predicted octanol–water partition coefficient (Wildman–Crippen LogP) is 4.55. The van der Waals surface area contributed by atoms with Gasteiger partial charge >= 0.3 is 5.97 Å². The molecule has 2 atom stereocenters. The fourth-order valence-corrected chi connectivity index (χ4v) is 3.80. The summed E-state index contributed by atoms with van der Waals surface area (Å²) in [6.45, 7) is 2.27. The zero-order chi connectivity index (χ0) is 19.4. The number of carboxylic acids is 1. The minimum absolute atomic E-state index is 0.169. The van der Waals surface area contributed by atoms with E-state index in [-0.39, 0.29) is 6.42 Å². The van der Waals surface area contributed by atoms with E-state index in [0.29, 0.717) is 18.0 Å². The number of allylic oxidation sites excluding steroid dienone is 2. The highest BCUT2D eigenvalue weighted by molar-refractivity contribution is 6.30. The van der Waals surface area contributed by atoms with Crippen LogP contribution in [0.2, 0.25) is 5.02 Å². The van der Waals surface area contributed by atoms with Crippen molar-refractivity contribution in [3.05, 3.63) is 82.4 Å². The van der Waals surface area contributed by atoms with Crippen molar-refractivity contribution < 1.29 is 14.7 Å². The Kier molecular flexibility index (Phi) is 5.66. The van der Waals surface area contributed by atoms with E-state index in [9.17, 15) is 14.7 Å². The number of rotatable bonds is 5. The van der Waals surface area contributed by atoms with Gasteiger partial charge in [0.25, 0.3) is 0 Å². The summed E-state index contributed by atoms with van der Waals surface area (Å²) < 4.78 is 0. The first-order valence-corrected chi connectivity index (χ1v) is 9.28. The molecule has 2 aromatic carbocycles. The molecule has 0 saturated carbocycles. The lowest BCUT2D eigenvalue weighted by atomic mass is 9.63. The van der Waals surface area contributed by atoms with Crippen molar-refractivity contribution in [2.24, 2.45) is 5.41 Å². The maximum absolute atomic E-state index is 13.1. The van der Waals surface area contributed by atoms with Crippen LogP contribution < -0.4 is 5.32 Å². The van der Waals surface area contributed by atoms with Crippen LogP contribution in [0.3, 0.4) is 0 Å². The molecule has 0 radical (unpaired) electrons. The van der Waals surface area contributed by atoms with Crippen LogP contribution in [-0.2, 0) is 16.1 Å². The van der Waals surface area contributed by atoms with Gasteiger partial charge in [0.1, 0.15) is 0 Å². The Bertz CT molecular complexity index is 861. The van der Waals surface area contributed by atoms with Crippen molar-refractivity contribution in [3.8, 4) is 0 Å². The van der Waals surface area contributed by atoms with Gasteiger partial charge in [-0.2, -0.15) is 0 Å². The Labute approximate surface area is 163 Å². The fourth-order valence-electron chi connectivity index (χ4n) is 3.67. The predicted molar refractivity (Wildman–Crippen MR) is 106 cm³/mol. The number of nitrogens with one attached hydrogen (secondary N) is 1. The summed E-state index contributed by atoms with van der Waals surface area (Å²) in [4.78, 5) is 25.5.